The fourth-order valence-corrected chi connectivity index (χ4v) is 3.09. The minimum Gasteiger partial charge on any atom is -0.361 e. The molecule has 0 saturated heterocycles. The fourth-order valence-electron chi connectivity index (χ4n) is 3.09. The molecular weight excluding hydrogens is 296 g/mol. The van der Waals surface area contributed by atoms with Crippen molar-refractivity contribution in [3.63, 3.8) is 0 Å². The first-order chi connectivity index (χ1) is 11.8. The predicted octanol–water partition coefficient (Wildman–Crippen LogP) is 4.20. The van der Waals surface area contributed by atoms with Gasteiger partial charge in [-0.25, -0.2) is 4.98 Å². The molecule has 0 radical (unpaired) electrons. The monoisotopic (exact) mass is 316 g/mol. The van der Waals surface area contributed by atoms with E-state index in [0.717, 1.165) is 18.1 Å². The first kappa shape index (κ1) is 14.7. The van der Waals surface area contributed by atoms with Crippen LogP contribution in [0, 0.1) is 0 Å². The molecule has 0 saturated carbocycles. The van der Waals surface area contributed by atoms with Gasteiger partial charge in [0, 0.05) is 36.3 Å². The summed E-state index contributed by atoms with van der Waals surface area (Å²) < 4.78 is 2.13. The van der Waals surface area contributed by atoms with E-state index in [4.69, 9.17) is 0 Å². The van der Waals surface area contributed by atoms with Gasteiger partial charge in [0.25, 0.3) is 0 Å². The molecule has 0 aliphatic carbocycles. The smallest absolute Gasteiger partial charge is 0.130 e. The fraction of sp³-hybridized carbons (Fsp3) is 0.150. The van der Waals surface area contributed by atoms with Crippen molar-refractivity contribution in [3.8, 4) is 5.69 Å². The molecule has 120 valence electrons. The van der Waals surface area contributed by atoms with E-state index in [0.29, 0.717) is 0 Å². The van der Waals surface area contributed by atoms with Gasteiger partial charge in [0.15, 0.2) is 0 Å². The van der Waals surface area contributed by atoms with Crippen LogP contribution in [0.5, 0.6) is 0 Å². The van der Waals surface area contributed by atoms with E-state index in [1.54, 1.807) is 0 Å². The molecule has 0 amide bonds. The van der Waals surface area contributed by atoms with E-state index >= 15 is 0 Å². The average Bonchev–Trinajstić information content (AvgIpc) is 3.29. The Hall–Kier alpha value is -2.85. The highest BCUT2D eigenvalue weighted by atomic mass is 15.1. The maximum Gasteiger partial charge on any atom is 0.130 e. The summed E-state index contributed by atoms with van der Waals surface area (Å²) in [5, 5.41) is 4.83. The molecule has 24 heavy (non-hydrogen) atoms. The normalized spacial score (nSPS) is 12.5. The first-order valence-electron chi connectivity index (χ1n) is 8.20. The van der Waals surface area contributed by atoms with Gasteiger partial charge in [-0.3, -0.25) is 0 Å². The molecule has 0 aliphatic heterocycles. The van der Waals surface area contributed by atoms with Gasteiger partial charge in [0.2, 0.25) is 0 Å². The van der Waals surface area contributed by atoms with Crippen LogP contribution in [0.3, 0.4) is 0 Å². The summed E-state index contributed by atoms with van der Waals surface area (Å²) in [6.07, 6.45) is 5.85. The number of aromatic nitrogens is 3. The third-order valence-corrected chi connectivity index (χ3v) is 4.36. The van der Waals surface area contributed by atoms with Gasteiger partial charge in [-0.05, 0) is 36.1 Å². The molecule has 4 nitrogen and oxygen atoms in total. The van der Waals surface area contributed by atoms with E-state index in [-0.39, 0.29) is 6.04 Å². The lowest BCUT2D eigenvalue weighted by Gasteiger charge is -2.16. The van der Waals surface area contributed by atoms with Gasteiger partial charge in [0.1, 0.15) is 5.82 Å². The van der Waals surface area contributed by atoms with E-state index in [1.807, 2.05) is 36.8 Å². The van der Waals surface area contributed by atoms with E-state index in [9.17, 15) is 0 Å². The predicted molar refractivity (Wildman–Crippen MR) is 97.1 cm³/mol. The Labute approximate surface area is 141 Å². The van der Waals surface area contributed by atoms with E-state index < -0.39 is 0 Å². The number of H-pyrrole nitrogens is 1. The molecule has 0 spiro atoms. The van der Waals surface area contributed by atoms with Gasteiger partial charge in [0.05, 0.1) is 6.04 Å². The van der Waals surface area contributed by atoms with Gasteiger partial charge < -0.3 is 14.9 Å². The van der Waals surface area contributed by atoms with Crippen molar-refractivity contribution in [3.05, 3.63) is 84.6 Å². The summed E-state index contributed by atoms with van der Waals surface area (Å²) in [6, 6.07) is 18.9. The molecule has 4 heteroatoms. The standard InChI is InChI=1S/C20H20N4/c1-15(20-22-12-13-24(20)18-8-3-2-4-9-18)23-14-17-7-5-6-16-10-11-21-19(16)17/h2-13,15,21,23H,14H2,1H3. The van der Waals surface area contributed by atoms with Gasteiger partial charge in [-0.2, -0.15) is 0 Å². The van der Waals surface area contributed by atoms with Crippen molar-refractivity contribution in [2.45, 2.75) is 19.5 Å². The van der Waals surface area contributed by atoms with Gasteiger partial charge >= 0.3 is 0 Å². The zero-order valence-corrected chi connectivity index (χ0v) is 13.6. The molecule has 4 rings (SSSR count). The third kappa shape index (κ3) is 2.72. The number of aromatic amines is 1. The van der Waals surface area contributed by atoms with Crippen molar-refractivity contribution >= 4 is 10.9 Å². The number of para-hydroxylation sites is 2. The van der Waals surface area contributed by atoms with Crippen molar-refractivity contribution in [1.29, 1.82) is 0 Å². The quantitative estimate of drug-likeness (QED) is 0.579. The number of benzene rings is 2. The van der Waals surface area contributed by atoms with Crippen LogP contribution in [0.15, 0.2) is 73.2 Å². The minimum absolute atomic E-state index is 0.144. The highest BCUT2D eigenvalue weighted by molar-refractivity contribution is 5.82. The van der Waals surface area contributed by atoms with Crippen LogP contribution in [0.2, 0.25) is 0 Å². The lowest BCUT2D eigenvalue weighted by Crippen LogP contribution is -2.21. The molecule has 2 aromatic carbocycles. The number of imidazole rings is 1. The number of hydrogen-bond acceptors (Lipinski definition) is 2. The maximum atomic E-state index is 4.55. The maximum absolute atomic E-state index is 4.55. The van der Waals surface area contributed by atoms with Crippen LogP contribution in [0.25, 0.3) is 16.6 Å². The second kappa shape index (κ2) is 6.34. The van der Waals surface area contributed by atoms with Crippen molar-refractivity contribution in [2.24, 2.45) is 0 Å². The molecule has 2 aromatic heterocycles. The summed E-state index contributed by atoms with van der Waals surface area (Å²) in [5.41, 5.74) is 3.59. The zero-order valence-electron chi connectivity index (χ0n) is 13.6. The van der Waals surface area contributed by atoms with Crippen LogP contribution in [-0.2, 0) is 6.54 Å². The highest BCUT2D eigenvalue weighted by Crippen LogP contribution is 2.19. The Morgan fingerprint density at radius 3 is 2.83 bits per heavy atom. The lowest BCUT2D eigenvalue weighted by molar-refractivity contribution is 0.541. The molecule has 4 aromatic rings. The summed E-state index contributed by atoms with van der Waals surface area (Å²) in [6.45, 7) is 2.94. The molecule has 0 bridgehead atoms. The van der Waals surface area contributed by atoms with E-state index in [1.165, 1.54) is 16.5 Å². The highest BCUT2D eigenvalue weighted by Gasteiger charge is 2.13. The van der Waals surface area contributed by atoms with Crippen LogP contribution >= 0.6 is 0 Å². The van der Waals surface area contributed by atoms with Gasteiger partial charge in [-0.15, -0.1) is 0 Å². The molecule has 2 heterocycles. The minimum atomic E-state index is 0.144. The average molecular weight is 316 g/mol. The SMILES string of the molecule is CC(NCc1cccc2cc[nH]c12)c1nccn1-c1ccccc1. The number of hydrogen-bond donors (Lipinski definition) is 2. The summed E-state index contributed by atoms with van der Waals surface area (Å²) in [4.78, 5) is 7.87. The van der Waals surface area contributed by atoms with Gasteiger partial charge in [-0.1, -0.05) is 36.4 Å². The number of nitrogens with one attached hydrogen (secondary N) is 2. The Morgan fingerprint density at radius 1 is 1.08 bits per heavy atom. The van der Waals surface area contributed by atoms with Crippen LogP contribution < -0.4 is 5.32 Å². The molecule has 1 atom stereocenters. The van der Waals surface area contributed by atoms with Crippen molar-refractivity contribution < 1.29 is 0 Å². The number of nitrogens with zero attached hydrogens (tertiary/aromatic N) is 2. The summed E-state index contributed by atoms with van der Waals surface area (Å²) in [5.74, 6) is 1.01. The molecule has 0 aliphatic rings. The summed E-state index contributed by atoms with van der Waals surface area (Å²) in [7, 11) is 0. The molecule has 2 N–H and O–H groups in total. The molecule has 1 unspecified atom stereocenters. The van der Waals surface area contributed by atoms with Crippen LogP contribution in [0.4, 0.5) is 0 Å². The van der Waals surface area contributed by atoms with Crippen molar-refractivity contribution in [2.75, 3.05) is 0 Å². The van der Waals surface area contributed by atoms with Crippen LogP contribution in [0.1, 0.15) is 24.4 Å². The Morgan fingerprint density at radius 2 is 1.96 bits per heavy atom. The Balaban J connectivity index is 1.54. The zero-order chi connectivity index (χ0) is 16.4. The molecular formula is C20H20N4. The lowest BCUT2D eigenvalue weighted by atomic mass is 10.1. The molecule has 0 fully saturated rings. The second-order valence-corrected chi connectivity index (χ2v) is 5.95. The van der Waals surface area contributed by atoms with Crippen molar-refractivity contribution in [1.82, 2.24) is 19.9 Å². The van der Waals surface area contributed by atoms with E-state index in [2.05, 4.69) is 63.2 Å². The summed E-state index contributed by atoms with van der Waals surface area (Å²) >= 11 is 0. The second-order valence-electron chi connectivity index (χ2n) is 5.95. The topological polar surface area (TPSA) is 45.6 Å². The number of rotatable bonds is 5. The third-order valence-electron chi connectivity index (χ3n) is 4.36. The first-order valence-corrected chi connectivity index (χ1v) is 8.20. The number of fused-ring (bicyclic) bond motifs is 1. The Kier molecular flexibility index (Phi) is 3.89. The Bertz CT molecular complexity index is 936. The largest absolute Gasteiger partial charge is 0.361 e. The van der Waals surface area contributed by atoms with Crippen LogP contribution in [-0.4, -0.2) is 14.5 Å².